The number of carbonyl (C=O) groups excluding carboxylic acids is 2. The molecule has 0 saturated carbocycles. The van der Waals surface area contributed by atoms with Gasteiger partial charge in [-0.1, -0.05) is 0 Å². The summed E-state index contributed by atoms with van der Waals surface area (Å²) >= 11 is 0. The minimum atomic E-state index is -1.94. The number of pyridine rings is 1. The summed E-state index contributed by atoms with van der Waals surface area (Å²) in [6.45, 7) is 0.844. The van der Waals surface area contributed by atoms with Gasteiger partial charge in [-0.2, -0.15) is 0 Å². The quantitative estimate of drug-likeness (QED) is 0.771. The van der Waals surface area contributed by atoms with Gasteiger partial charge in [-0.3, -0.25) is 9.88 Å². The first-order valence-electron chi connectivity index (χ1n) is 6.51. The Balaban J connectivity index is 1.97. The fourth-order valence-electron chi connectivity index (χ4n) is 2.32. The molecule has 1 aromatic heterocycles. The van der Waals surface area contributed by atoms with Gasteiger partial charge in [0.15, 0.2) is 0 Å². The number of likely N-dealkylation sites (tertiary alicyclic amines) is 1. The molecule has 0 aliphatic carbocycles. The molecule has 1 fully saturated rings. The van der Waals surface area contributed by atoms with Crippen molar-refractivity contribution in [1.82, 2.24) is 9.88 Å². The highest BCUT2D eigenvalue weighted by Gasteiger charge is 2.46. The lowest BCUT2D eigenvalue weighted by Gasteiger charge is -2.18. The molecule has 2 heterocycles. The molecule has 21 heavy (non-hydrogen) atoms. The SMILES string of the molecule is COC(=O)c1ccc(CN2CCC(F)(C(=O)OC)C2)nc1. The molecule has 6 nitrogen and oxygen atoms in total. The van der Waals surface area contributed by atoms with Crippen LogP contribution < -0.4 is 0 Å². The van der Waals surface area contributed by atoms with Gasteiger partial charge in [0.05, 0.1) is 25.5 Å². The standard InChI is InChI=1S/C14H17FN2O4/c1-20-12(18)10-3-4-11(16-7-10)8-17-6-5-14(15,9-17)13(19)21-2/h3-4,7H,5-6,8-9H2,1-2H3. The highest BCUT2D eigenvalue weighted by atomic mass is 19.1. The molecule has 114 valence electrons. The molecule has 1 aromatic rings. The summed E-state index contributed by atoms with van der Waals surface area (Å²) in [5.41, 5.74) is -0.894. The van der Waals surface area contributed by atoms with Crippen molar-refractivity contribution in [3.8, 4) is 0 Å². The fourth-order valence-corrected chi connectivity index (χ4v) is 2.32. The number of alkyl halides is 1. The van der Waals surface area contributed by atoms with Crippen LogP contribution in [0.15, 0.2) is 18.3 Å². The number of nitrogens with zero attached hydrogens (tertiary/aromatic N) is 2. The highest BCUT2D eigenvalue weighted by molar-refractivity contribution is 5.88. The van der Waals surface area contributed by atoms with Gasteiger partial charge in [-0.15, -0.1) is 0 Å². The Morgan fingerprint density at radius 3 is 2.71 bits per heavy atom. The third kappa shape index (κ3) is 3.36. The lowest BCUT2D eigenvalue weighted by Crippen LogP contribution is -2.38. The van der Waals surface area contributed by atoms with Crippen molar-refractivity contribution in [2.75, 3.05) is 27.3 Å². The largest absolute Gasteiger partial charge is 0.467 e. The first-order chi connectivity index (χ1) is 9.98. The number of halogens is 1. The van der Waals surface area contributed by atoms with Crippen LogP contribution in [0.25, 0.3) is 0 Å². The molecule has 0 N–H and O–H groups in total. The van der Waals surface area contributed by atoms with Gasteiger partial charge in [-0.05, 0) is 12.1 Å². The molecule has 7 heteroatoms. The van der Waals surface area contributed by atoms with Gasteiger partial charge < -0.3 is 9.47 Å². The van der Waals surface area contributed by atoms with E-state index in [0.29, 0.717) is 24.3 Å². The minimum absolute atomic E-state index is 0.0138. The van der Waals surface area contributed by atoms with Gasteiger partial charge in [-0.25, -0.2) is 14.0 Å². The van der Waals surface area contributed by atoms with E-state index >= 15 is 0 Å². The van der Waals surface area contributed by atoms with E-state index in [-0.39, 0.29) is 13.0 Å². The van der Waals surface area contributed by atoms with Crippen LogP contribution in [-0.2, 0) is 20.8 Å². The third-order valence-corrected chi connectivity index (χ3v) is 3.48. The molecule has 0 amide bonds. The molecular formula is C14H17FN2O4. The molecule has 0 radical (unpaired) electrons. The molecule has 0 spiro atoms. The van der Waals surface area contributed by atoms with Gasteiger partial charge in [0.25, 0.3) is 0 Å². The Labute approximate surface area is 121 Å². The van der Waals surface area contributed by atoms with Gasteiger partial charge in [0.1, 0.15) is 0 Å². The van der Waals surface area contributed by atoms with Crippen molar-refractivity contribution in [3.05, 3.63) is 29.6 Å². The first-order valence-corrected chi connectivity index (χ1v) is 6.51. The number of methoxy groups -OCH3 is 2. The second-order valence-corrected chi connectivity index (χ2v) is 4.95. The zero-order valence-electron chi connectivity index (χ0n) is 12.0. The lowest BCUT2D eigenvalue weighted by atomic mass is 10.1. The van der Waals surface area contributed by atoms with Crippen molar-refractivity contribution in [3.63, 3.8) is 0 Å². The topological polar surface area (TPSA) is 68.7 Å². The number of carbonyl (C=O) groups is 2. The summed E-state index contributed by atoms with van der Waals surface area (Å²) in [6, 6.07) is 3.29. The molecule has 1 aliphatic heterocycles. The second kappa shape index (κ2) is 6.17. The van der Waals surface area contributed by atoms with Crippen LogP contribution in [0.1, 0.15) is 22.5 Å². The molecule has 1 aliphatic rings. The van der Waals surface area contributed by atoms with Crippen LogP contribution in [0.3, 0.4) is 0 Å². The van der Waals surface area contributed by atoms with Crippen LogP contribution >= 0.6 is 0 Å². The Morgan fingerprint density at radius 1 is 1.38 bits per heavy atom. The van der Waals surface area contributed by atoms with Crippen LogP contribution in [-0.4, -0.2) is 54.8 Å². The number of esters is 2. The average Bonchev–Trinajstić information content (AvgIpc) is 2.88. The zero-order chi connectivity index (χ0) is 15.5. The molecule has 1 unspecified atom stereocenters. The predicted octanol–water partition coefficient (Wildman–Crippen LogP) is 0.955. The lowest BCUT2D eigenvalue weighted by molar-refractivity contribution is -0.153. The zero-order valence-corrected chi connectivity index (χ0v) is 12.0. The smallest absolute Gasteiger partial charge is 0.345 e. The van der Waals surface area contributed by atoms with Crippen LogP contribution in [0.4, 0.5) is 4.39 Å². The van der Waals surface area contributed by atoms with Gasteiger partial charge >= 0.3 is 11.9 Å². The number of ether oxygens (including phenoxy) is 2. The average molecular weight is 296 g/mol. The van der Waals surface area contributed by atoms with Crippen molar-refractivity contribution in [1.29, 1.82) is 0 Å². The normalized spacial score (nSPS) is 22.0. The number of hydrogen-bond acceptors (Lipinski definition) is 6. The van der Waals surface area contributed by atoms with Crippen molar-refractivity contribution >= 4 is 11.9 Å². The summed E-state index contributed by atoms with van der Waals surface area (Å²) < 4.78 is 23.3. The fraction of sp³-hybridized carbons (Fsp3) is 0.500. The van der Waals surface area contributed by atoms with Gasteiger partial charge in [0, 0.05) is 32.3 Å². The predicted molar refractivity (Wildman–Crippen MR) is 71.3 cm³/mol. The Morgan fingerprint density at radius 2 is 2.14 bits per heavy atom. The maximum absolute atomic E-state index is 14.3. The van der Waals surface area contributed by atoms with E-state index in [1.54, 1.807) is 17.0 Å². The molecule has 0 bridgehead atoms. The maximum Gasteiger partial charge on any atom is 0.345 e. The van der Waals surface area contributed by atoms with E-state index in [9.17, 15) is 14.0 Å². The summed E-state index contributed by atoms with van der Waals surface area (Å²) in [5, 5.41) is 0. The second-order valence-electron chi connectivity index (χ2n) is 4.95. The van der Waals surface area contributed by atoms with Crippen molar-refractivity contribution < 1.29 is 23.5 Å². The molecule has 0 aromatic carbocycles. The van der Waals surface area contributed by atoms with Crippen LogP contribution in [0.5, 0.6) is 0 Å². The van der Waals surface area contributed by atoms with Crippen molar-refractivity contribution in [2.24, 2.45) is 0 Å². The first kappa shape index (κ1) is 15.4. The van der Waals surface area contributed by atoms with E-state index in [0.717, 1.165) is 0 Å². The summed E-state index contributed by atoms with van der Waals surface area (Å²) in [5.74, 6) is -1.29. The van der Waals surface area contributed by atoms with E-state index in [4.69, 9.17) is 0 Å². The van der Waals surface area contributed by atoms with Gasteiger partial charge in [0.2, 0.25) is 5.67 Å². The monoisotopic (exact) mass is 296 g/mol. The van der Waals surface area contributed by atoms with E-state index in [1.807, 2.05) is 0 Å². The third-order valence-electron chi connectivity index (χ3n) is 3.48. The summed E-state index contributed by atoms with van der Waals surface area (Å²) in [6.07, 6.45) is 1.53. The van der Waals surface area contributed by atoms with Crippen molar-refractivity contribution in [2.45, 2.75) is 18.6 Å². The number of hydrogen-bond donors (Lipinski definition) is 0. The minimum Gasteiger partial charge on any atom is -0.467 e. The number of aromatic nitrogens is 1. The maximum atomic E-state index is 14.3. The van der Waals surface area contributed by atoms with Crippen LogP contribution in [0.2, 0.25) is 0 Å². The summed E-state index contributed by atoms with van der Waals surface area (Å²) in [4.78, 5) is 28.6. The number of rotatable bonds is 4. The Hall–Kier alpha value is -2.02. The molecular weight excluding hydrogens is 279 g/mol. The Bertz CT molecular complexity index is 534. The van der Waals surface area contributed by atoms with E-state index in [2.05, 4.69) is 14.5 Å². The highest BCUT2D eigenvalue weighted by Crippen LogP contribution is 2.27. The molecule has 1 atom stereocenters. The summed E-state index contributed by atoms with van der Waals surface area (Å²) in [7, 11) is 2.48. The van der Waals surface area contributed by atoms with Crippen LogP contribution in [0, 0.1) is 0 Å². The molecule has 1 saturated heterocycles. The molecule has 2 rings (SSSR count). The Kier molecular flexibility index (Phi) is 4.52. The van der Waals surface area contributed by atoms with E-state index < -0.39 is 17.6 Å². The van der Waals surface area contributed by atoms with E-state index in [1.165, 1.54) is 20.4 Å².